The van der Waals surface area contributed by atoms with E-state index in [1.54, 1.807) is 17.9 Å². The SMILES string of the molecule is CCNCc1cc(F)ccc1OC(C)C(=O)N(CC)CC. The van der Waals surface area contributed by atoms with E-state index in [-0.39, 0.29) is 11.7 Å². The minimum atomic E-state index is -0.587. The number of hydrogen-bond acceptors (Lipinski definition) is 3. The van der Waals surface area contributed by atoms with Gasteiger partial charge in [-0.2, -0.15) is 0 Å². The standard InChI is InChI=1S/C16H25FN2O2/c1-5-18-11-13-10-14(17)8-9-15(13)21-12(4)16(20)19(6-2)7-3/h8-10,12,18H,5-7,11H2,1-4H3. The fourth-order valence-electron chi connectivity index (χ4n) is 2.09. The largest absolute Gasteiger partial charge is 0.481 e. The molecular formula is C16H25FN2O2. The molecule has 0 saturated heterocycles. The van der Waals surface area contributed by atoms with Crippen molar-refractivity contribution in [1.82, 2.24) is 10.2 Å². The van der Waals surface area contributed by atoms with Gasteiger partial charge in [0.2, 0.25) is 0 Å². The zero-order valence-corrected chi connectivity index (χ0v) is 13.3. The van der Waals surface area contributed by atoms with Crippen LogP contribution in [0.1, 0.15) is 33.3 Å². The van der Waals surface area contributed by atoms with Gasteiger partial charge in [-0.05, 0) is 45.5 Å². The molecule has 0 aliphatic carbocycles. The molecule has 0 aliphatic heterocycles. The van der Waals surface area contributed by atoms with Crippen molar-refractivity contribution in [1.29, 1.82) is 0 Å². The molecule has 1 atom stereocenters. The van der Waals surface area contributed by atoms with Gasteiger partial charge in [0.05, 0.1) is 0 Å². The van der Waals surface area contributed by atoms with E-state index in [1.807, 2.05) is 20.8 Å². The van der Waals surface area contributed by atoms with Gasteiger partial charge in [0, 0.05) is 25.2 Å². The van der Waals surface area contributed by atoms with Gasteiger partial charge in [0.25, 0.3) is 5.91 Å². The molecule has 1 aromatic rings. The summed E-state index contributed by atoms with van der Waals surface area (Å²) in [6.45, 7) is 10.2. The molecular weight excluding hydrogens is 271 g/mol. The number of likely N-dealkylation sites (N-methyl/N-ethyl adjacent to an activating group) is 1. The Kier molecular flexibility index (Phi) is 7.15. The molecule has 0 heterocycles. The van der Waals surface area contributed by atoms with Gasteiger partial charge < -0.3 is 15.0 Å². The molecule has 21 heavy (non-hydrogen) atoms. The summed E-state index contributed by atoms with van der Waals surface area (Å²) in [6, 6.07) is 4.36. The number of carbonyl (C=O) groups excluding carboxylic acids is 1. The molecule has 118 valence electrons. The van der Waals surface area contributed by atoms with E-state index >= 15 is 0 Å². The number of carbonyl (C=O) groups is 1. The van der Waals surface area contributed by atoms with Gasteiger partial charge in [0.15, 0.2) is 6.10 Å². The zero-order valence-electron chi connectivity index (χ0n) is 13.3. The highest BCUT2D eigenvalue weighted by Crippen LogP contribution is 2.21. The predicted molar refractivity (Wildman–Crippen MR) is 81.8 cm³/mol. The number of nitrogens with zero attached hydrogens (tertiary/aromatic N) is 1. The summed E-state index contributed by atoms with van der Waals surface area (Å²) >= 11 is 0. The average Bonchev–Trinajstić information content (AvgIpc) is 2.48. The molecule has 0 fully saturated rings. The van der Waals surface area contributed by atoms with Gasteiger partial charge in [-0.3, -0.25) is 4.79 Å². The maximum absolute atomic E-state index is 13.3. The molecule has 4 nitrogen and oxygen atoms in total. The van der Waals surface area contributed by atoms with Crippen molar-refractivity contribution >= 4 is 5.91 Å². The second kappa shape index (κ2) is 8.62. The van der Waals surface area contributed by atoms with E-state index in [2.05, 4.69) is 5.32 Å². The Morgan fingerprint density at radius 3 is 2.57 bits per heavy atom. The van der Waals surface area contributed by atoms with Gasteiger partial charge in [0.1, 0.15) is 11.6 Å². The lowest BCUT2D eigenvalue weighted by atomic mass is 10.2. The van der Waals surface area contributed by atoms with E-state index in [9.17, 15) is 9.18 Å². The van der Waals surface area contributed by atoms with Crippen LogP contribution in [0.4, 0.5) is 4.39 Å². The minimum Gasteiger partial charge on any atom is -0.481 e. The molecule has 0 radical (unpaired) electrons. The van der Waals surface area contributed by atoms with Crippen molar-refractivity contribution < 1.29 is 13.9 Å². The van der Waals surface area contributed by atoms with Crippen molar-refractivity contribution in [2.45, 2.75) is 40.3 Å². The second-order valence-electron chi connectivity index (χ2n) is 4.80. The Labute approximate surface area is 126 Å². The molecule has 5 heteroatoms. The lowest BCUT2D eigenvalue weighted by Crippen LogP contribution is -2.40. The maximum atomic E-state index is 13.3. The van der Waals surface area contributed by atoms with Crippen LogP contribution in [0.2, 0.25) is 0 Å². The molecule has 0 saturated carbocycles. The fraction of sp³-hybridized carbons (Fsp3) is 0.562. The normalized spacial score (nSPS) is 12.0. The first kappa shape index (κ1) is 17.4. The van der Waals surface area contributed by atoms with Gasteiger partial charge >= 0.3 is 0 Å². The summed E-state index contributed by atoms with van der Waals surface area (Å²) in [5, 5.41) is 3.14. The first-order valence-electron chi connectivity index (χ1n) is 7.48. The van der Waals surface area contributed by atoms with E-state index in [4.69, 9.17) is 4.74 Å². The number of nitrogens with one attached hydrogen (secondary N) is 1. The summed E-state index contributed by atoms with van der Waals surface area (Å²) in [5.74, 6) is 0.182. The summed E-state index contributed by atoms with van der Waals surface area (Å²) in [6.07, 6.45) is -0.587. The highest BCUT2D eigenvalue weighted by Gasteiger charge is 2.20. The van der Waals surface area contributed by atoms with Crippen molar-refractivity contribution in [2.24, 2.45) is 0 Å². The Bertz CT molecular complexity index is 462. The minimum absolute atomic E-state index is 0.0567. The van der Waals surface area contributed by atoms with Crippen LogP contribution >= 0.6 is 0 Å². The van der Waals surface area contributed by atoms with Gasteiger partial charge in [-0.1, -0.05) is 6.92 Å². The van der Waals surface area contributed by atoms with Crippen LogP contribution in [-0.2, 0) is 11.3 Å². The molecule has 1 unspecified atom stereocenters. The van der Waals surface area contributed by atoms with Crippen LogP contribution in [0, 0.1) is 5.82 Å². The van der Waals surface area contributed by atoms with Crippen LogP contribution in [0.3, 0.4) is 0 Å². The molecule has 0 spiro atoms. The smallest absolute Gasteiger partial charge is 0.263 e. The summed E-state index contributed by atoms with van der Waals surface area (Å²) in [4.78, 5) is 13.9. The second-order valence-corrected chi connectivity index (χ2v) is 4.80. The first-order valence-corrected chi connectivity index (χ1v) is 7.48. The summed E-state index contributed by atoms with van der Waals surface area (Å²) in [5.41, 5.74) is 0.719. The Morgan fingerprint density at radius 1 is 1.33 bits per heavy atom. The third-order valence-electron chi connectivity index (χ3n) is 3.31. The quantitative estimate of drug-likeness (QED) is 0.801. The van der Waals surface area contributed by atoms with Crippen LogP contribution in [0.25, 0.3) is 0 Å². The molecule has 1 N–H and O–H groups in total. The summed E-state index contributed by atoms with van der Waals surface area (Å²) < 4.78 is 19.1. The number of benzene rings is 1. The van der Waals surface area contributed by atoms with Crippen molar-refractivity contribution in [2.75, 3.05) is 19.6 Å². The predicted octanol–water partition coefficient (Wildman–Crippen LogP) is 2.57. The van der Waals surface area contributed by atoms with Crippen molar-refractivity contribution in [3.8, 4) is 5.75 Å². The molecule has 0 bridgehead atoms. The van der Waals surface area contributed by atoms with Crippen LogP contribution in [0.5, 0.6) is 5.75 Å². The van der Waals surface area contributed by atoms with Crippen molar-refractivity contribution in [3.63, 3.8) is 0 Å². The van der Waals surface area contributed by atoms with E-state index in [1.165, 1.54) is 12.1 Å². The zero-order chi connectivity index (χ0) is 15.8. The van der Waals surface area contributed by atoms with Crippen LogP contribution < -0.4 is 10.1 Å². The average molecular weight is 296 g/mol. The number of hydrogen-bond donors (Lipinski definition) is 1. The Morgan fingerprint density at radius 2 is 2.00 bits per heavy atom. The molecule has 1 aromatic carbocycles. The first-order chi connectivity index (χ1) is 10.0. The molecule has 1 amide bonds. The third-order valence-corrected chi connectivity index (χ3v) is 3.31. The summed E-state index contributed by atoms with van der Waals surface area (Å²) in [7, 11) is 0. The van der Waals surface area contributed by atoms with Gasteiger partial charge in [-0.25, -0.2) is 4.39 Å². The number of ether oxygens (including phenoxy) is 1. The highest BCUT2D eigenvalue weighted by atomic mass is 19.1. The molecule has 0 aliphatic rings. The third kappa shape index (κ3) is 5.01. The Balaban J connectivity index is 2.83. The number of rotatable bonds is 8. The maximum Gasteiger partial charge on any atom is 0.263 e. The van der Waals surface area contributed by atoms with Crippen LogP contribution in [-0.4, -0.2) is 36.5 Å². The lowest BCUT2D eigenvalue weighted by molar-refractivity contribution is -0.137. The van der Waals surface area contributed by atoms with Crippen LogP contribution in [0.15, 0.2) is 18.2 Å². The Hall–Kier alpha value is -1.62. The monoisotopic (exact) mass is 296 g/mol. The topological polar surface area (TPSA) is 41.6 Å². The van der Waals surface area contributed by atoms with E-state index < -0.39 is 6.10 Å². The number of halogens is 1. The number of amides is 1. The lowest BCUT2D eigenvalue weighted by Gasteiger charge is -2.24. The highest BCUT2D eigenvalue weighted by molar-refractivity contribution is 5.80. The molecule has 1 rings (SSSR count). The van der Waals surface area contributed by atoms with E-state index in [0.717, 1.165) is 12.1 Å². The van der Waals surface area contributed by atoms with Crippen molar-refractivity contribution in [3.05, 3.63) is 29.6 Å². The molecule has 0 aromatic heterocycles. The fourth-order valence-corrected chi connectivity index (χ4v) is 2.09. The van der Waals surface area contributed by atoms with Gasteiger partial charge in [-0.15, -0.1) is 0 Å². The van der Waals surface area contributed by atoms with E-state index in [0.29, 0.717) is 25.4 Å².